The highest BCUT2D eigenvalue weighted by Crippen LogP contribution is 2.15. The van der Waals surface area contributed by atoms with Crippen molar-refractivity contribution in [3.8, 4) is 0 Å². The van der Waals surface area contributed by atoms with Gasteiger partial charge in [0.15, 0.2) is 0 Å². The third-order valence-corrected chi connectivity index (χ3v) is 6.79. The van der Waals surface area contributed by atoms with Crippen molar-refractivity contribution in [2.45, 2.75) is 162 Å². The average Bonchev–Trinajstić information content (AvgIpc) is 2.84. The van der Waals surface area contributed by atoms with Crippen LogP contribution in [0.4, 0.5) is 0 Å². The largest absolute Gasteiger partial charge is 0.481 e. The van der Waals surface area contributed by atoms with Crippen molar-refractivity contribution in [1.29, 1.82) is 0 Å². The zero-order chi connectivity index (χ0) is 25.8. The number of unbranched alkanes of at least 4 members (excludes halogenated alkanes) is 19. The molecular weight excluding hydrogens is 436 g/mol. The summed E-state index contributed by atoms with van der Waals surface area (Å²) in [7, 11) is 0. The van der Waals surface area contributed by atoms with Crippen molar-refractivity contribution in [1.82, 2.24) is 0 Å². The second-order valence-corrected chi connectivity index (χ2v) is 10.3. The van der Waals surface area contributed by atoms with Crippen molar-refractivity contribution < 1.29 is 19.4 Å². The van der Waals surface area contributed by atoms with Gasteiger partial charge in [-0.1, -0.05) is 142 Å². The maximum Gasteiger partial charge on any atom is 0.307 e. The maximum atomic E-state index is 11.6. The number of rotatable bonds is 27. The summed E-state index contributed by atoms with van der Waals surface area (Å²) in [6, 6.07) is 0. The highest BCUT2D eigenvalue weighted by Gasteiger charge is 2.20. The van der Waals surface area contributed by atoms with Crippen molar-refractivity contribution in [3.63, 3.8) is 0 Å². The van der Waals surface area contributed by atoms with Crippen LogP contribution < -0.4 is 0 Å². The van der Waals surface area contributed by atoms with Gasteiger partial charge in [-0.3, -0.25) is 9.59 Å². The van der Waals surface area contributed by atoms with Crippen LogP contribution in [-0.4, -0.2) is 23.7 Å². The number of carbonyl (C=O) groups excluding carboxylic acids is 1. The molecule has 4 heteroatoms. The Balaban J connectivity index is 3.39. The minimum absolute atomic E-state index is 0.0427. The summed E-state index contributed by atoms with van der Waals surface area (Å²) in [6.45, 7) is 4.57. The summed E-state index contributed by atoms with van der Waals surface area (Å²) >= 11 is 0. The normalized spacial score (nSPS) is 12.3. The van der Waals surface area contributed by atoms with Crippen LogP contribution in [0.2, 0.25) is 0 Å². The lowest BCUT2D eigenvalue weighted by Crippen LogP contribution is -2.19. The van der Waals surface area contributed by atoms with Gasteiger partial charge in [-0.05, 0) is 25.7 Å². The first-order valence-corrected chi connectivity index (χ1v) is 15.1. The Morgan fingerprint density at radius 2 is 1.06 bits per heavy atom. The highest BCUT2D eigenvalue weighted by molar-refractivity contribution is 5.78. The zero-order valence-corrected chi connectivity index (χ0v) is 23.4. The van der Waals surface area contributed by atoms with Crippen LogP contribution in [0, 0.1) is 5.92 Å². The van der Waals surface area contributed by atoms with Gasteiger partial charge < -0.3 is 9.84 Å². The molecule has 35 heavy (non-hydrogen) atoms. The first kappa shape index (κ1) is 33.7. The molecule has 0 aliphatic heterocycles. The van der Waals surface area contributed by atoms with Crippen molar-refractivity contribution in [3.05, 3.63) is 12.2 Å². The molecule has 0 amide bonds. The average molecular weight is 495 g/mol. The molecule has 206 valence electrons. The standard InChI is InChI=1S/C31H58O4/c1-3-5-6-7-8-9-10-11-12-13-14-15-16-17-18-19-20-21-22-23-24-25-26-29(31(33)34)28-30(32)35-27-4-2/h24-25,29H,3-23,26-28H2,1-2H3,(H,33,34)/b25-24+. The molecule has 1 atom stereocenters. The van der Waals surface area contributed by atoms with Crippen molar-refractivity contribution in [2.75, 3.05) is 6.61 Å². The van der Waals surface area contributed by atoms with Gasteiger partial charge >= 0.3 is 11.9 Å². The number of carboxylic acid groups (broad SMARTS) is 1. The number of hydrogen-bond donors (Lipinski definition) is 1. The minimum atomic E-state index is -0.924. The molecule has 0 aromatic heterocycles. The molecule has 0 heterocycles. The molecule has 0 aromatic carbocycles. The number of carboxylic acids is 1. The van der Waals surface area contributed by atoms with Gasteiger partial charge in [0.1, 0.15) is 0 Å². The van der Waals surface area contributed by atoms with Crippen molar-refractivity contribution >= 4 is 11.9 Å². The molecular formula is C31H58O4. The lowest BCUT2D eigenvalue weighted by atomic mass is 10.0. The summed E-state index contributed by atoms with van der Waals surface area (Å²) in [5.41, 5.74) is 0. The molecule has 1 unspecified atom stereocenters. The SMILES string of the molecule is CCCCCCCCCCCCCCCCCCCCC/C=C/CC(CC(=O)OCCC)C(=O)O. The predicted molar refractivity (Wildman–Crippen MR) is 149 cm³/mol. The van der Waals surface area contributed by atoms with E-state index in [4.69, 9.17) is 4.74 Å². The fraction of sp³-hybridized carbons (Fsp3) is 0.871. The predicted octanol–water partition coefficient (Wildman–Crippen LogP) is 9.80. The Hall–Kier alpha value is -1.32. The Labute approximate surface area is 217 Å². The first-order chi connectivity index (χ1) is 17.1. The Bertz CT molecular complexity index is 500. The fourth-order valence-electron chi connectivity index (χ4n) is 4.47. The van der Waals surface area contributed by atoms with Crippen LogP contribution in [0.1, 0.15) is 162 Å². The Morgan fingerprint density at radius 3 is 1.46 bits per heavy atom. The van der Waals surface area contributed by atoms with E-state index in [2.05, 4.69) is 13.0 Å². The van der Waals surface area contributed by atoms with E-state index in [0.29, 0.717) is 13.0 Å². The molecule has 0 fully saturated rings. The third-order valence-electron chi connectivity index (χ3n) is 6.79. The number of esters is 1. The first-order valence-electron chi connectivity index (χ1n) is 15.1. The molecule has 0 saturated heterocycles. The molecule has 0 aromatic rings. The van der Waals surface area contributed by atoms with E-state index in [0.717, 1.165) is 19.3 Å². The van der Waals surface area contributed by atoms with Crippen LogP contribution in [0.25, 0.3) is 0 Å². The fourth-order valence-corrected chi connectivity index (χ4v) is 4.47. The molecule has 4 nitrogen and oxygen atoms in total. The lowest BCUT2D eigenvalue weighted by molar-refractivity contribution is -0.151. The van der Waals surface area contributed by atoms with Gasteiger partial charge in [0, 0.05) is 0 Å². The summed E-state index contributed by atoms with van der Waals surface area (Å²) in [5.74, 6) is -2.02. The summed E-state index contributed by atoms with van der Waals surface area (Å²) < 4.78 is 5.00. The van der Waals surface area contributed by atoms with E-state index in [-0.39, 0.29) is 6.42 Å². The third kappa shape index (κ3) is 25.6. The molecule has 0 aliphatic carbocycles. The number of allylic oxidation sites excluding steroid dienone is 2. The quantitative estimate of drug-likeness (QED) is 0.0701. The van der Waals surface area contributed by atoms with E-state index >= 15 is 0 Å². The molecule has 0 bridgehead atoms. The van der Waals surface area contributed by atoms with E-state index in [1.165, 1.54) is 116 Å². The molecule has 1 N–H and O–H groups in total. The molecule has 0 aliphatic rings. The van der Waals surface area contributed by atoms with E-state index in [9.17, 15) is 14.7 Å². The number of ether oxygens (including phenoxy) is 1. The van der Waals surface area contributed by atoms with E-state index < -0.39 is 17.9 Å². The van der Waals surface area contributed by atoms with Gasteiger partial charge in [0.05, 0.1) is 18.9 Å². The van der Waals surface area contributed by atoms with Gasteiger partial charge in [0.25, 0.3) is 0 Å². The maximum absolute atomic E-state index is 11.6. The van der Waals surface area contributed by atoms with Gasteiger partial charge in [-0.2, -0.15) is 0 Å². The number of carbonyl (C=O) groups is 2. The minimum Gasteiger partial charge on any atom is -0.481 e. The molecule has 0 rings (SSSR count). The van der Waals surface area contributed by atoms with Gasteiger partial charge in [-0.15, -0.1) is 0 Å². The summed E-state index contributed by atoms with van der Waals surface area (Å²) in [6.07, 6.45) is 32.4. The zero-order valence-electron chi connectivity index (χ0n) is 23.4. The van der Waals surface area contributed by atoms with Crippen LogP contribution in [0.3, 0.4) is 0 Å². The van der Waals surface area contributed by atoms with Crippen LogP contribution >= 0.6 is 0 Å². The second kappa shape index (κ2) is 27.3. The van der Waals surface area contributed by atoms with Crippen LogP contribution in [0.15, 0.2) is 12.2 Å². The monoisotopic (exact) mass is 494 g/mol. The number of hydrogen-bond acceptors (Lipinski definition) is 3. The van der Waals surface area contributed by atoms with Gasteiger partial charge in [0.2, 0.25) is 0 Å². The highest BCUT2D eigenvalue weighted by atomic mass is 16.5. The second-order valence-electron chi connectivity index (χ2n) is 10.3. The van der Waals surface area contributed by atoms with Crippen LogP contribution in [0.5, 0.6) is 0 Å². The Morgan fingerprint density at radius 1 is 0.629 bits per heavy atom. The summed E-state index contributed by atoms with van der Waals surface area (Å²) in [4.78, 5) is 22.9. The smallest absolute Gasteiger partial charge is 0.307 e. The topological polar surface area (TPSA) is 63.6 Å². The molecule has 0 saturated carbocycles. The van der Waals surface area contributed by atoms with E-state index in [1.807, 2.05) is 13.0 Å². The number of aliphatic carboxylic acids is 1. The van der Waals surface area contributed by atoms with Crippen molar-refractivity contribution in [2.24, 2.45) is 5.92 Å². The van der Waals surface area contributed by atoms with Crippen LogP contribution in [-0.2, 0) is 14.3 Å². The summed E-state index contributed by atoms with van der Waals surface area (Å²) in [5, 5.41) is 9.28. The Kier molecular flexibility index (Phi) is 26.2. The van der Waals surface area contributed by atoms with Gasteiger partial charge in [-0.25, -0.2) is 0 Å². The lowest BCUT2D eigenvalue weighted by Gasteiger charge is -2.09. The molecule has 0 radical (unpaired) electrons. The van der Waals surface area contributed by atoms with E-state index in [1.54, 1.807) is 0 Å². The molecule has 0 spiro atoms.